The number of nitrogens with one attached hydrogen (secondary N) is 1. The van der Waals surface area contributed by atoms with Crippen molar-refractivity contribution in [2.24, 2.45) is 0 Å². The first-order chi connectivity index (χ1) is 15.0. The van der Waals surface area contributed by atoms with Gasteiger partial charge in [-0.2, -0.15) is 5.26 Å². The molecule has 0 unspecified atom stereocenters. The number of nitriles is 1. The average Bonchev–Trinajstić information content (AvgIpc) is 2.78. The Morgan fingerprint density at radius 1 is 1.26 bits per heavy atom. The normalized spacial score (nSPS) is 15.4. The molecule has 2 heterocycles. The number of aryl methyl sites for hydroxylation is 1. The molecule has 1 aromatic heterocycles. The number of rotatable bonds is 5. The Bertz CT molecular complexity index is 1180. The van der Waals surface area contributed by atoms with Crippen LogP contribution in [0, 0.1) is 18.3 Å². The van der Waals surface area contributed by atoms with Crippen LogP contribution < -0.4 is 5.32 Å². The van der Waals surface area contributed by atoms with Gasteiger partial charge in [-0.15, -0.1) is 0 Å². The number of carboxylic acids is 1. The second-order valence-corrected chi connectivity index (χ2v) is 7.89. The molecule has 2 aromatic carbocycles. The van der Waals surface area contributed by atoms with E-state index in [2.05, 4.69) is 16.4 Å². The number of anilines is 1. The molecule has 1 aliphatic heterocycles. The predicted octanol–water partition coefficient (Wildman–Crippen LogP) is 4.58. The van der Waals surface area contributed by atoms with Crippen LogP contribution in [0.1, 0.15) is 64.6 Å². The molecule has 0 aliphatic carbocycles. The largest absolute Gasteiger partial charge is 0.478 e. The van der Waals surface area contributed by atoms with Gasteiger partial charge in [0.15, 0.2) is 5.69 Å². The van der Waals surface area contributed by atoms with Gasteiger partial charge in [-0.3, -0.25) is 0 Å². The van der Waals surface area contributed by atoms with Crippen molar-refractivity contribution in [1.82, 2.24) is 9.97 Å². The van der Waals surface area contributed by atoms with Crippen molar-refractivity contribution in [3.05, 3.63) is 64.5 Å². The van der Waals surface area contributed by atoms with Crippen LogP contribution in [-0.4, -0.2) is 34.3 Å². The van der Waals surface area contributed by atoms with E-state index in [1.54, 1.807) is 24.3 Å². The summed E-state index contributed by atoms with van der Waals surface area (Å²) in [6.07, 6.45) is 1.63. The topological polar surface area (TPSA) is 108 Å². The number of benzene rings is 2. The first-order valence-corrected chi connectivity index (χ1v) is 10.4. The molecule has 2 N–H and O–H groups in total. The van der Waals surface area contributed by atoms with Crippen LogP contribution in [-0.2, 0) is 4.74 Å². The number of para-hydroxylation sites is 1. The van der Waals surface area contributed by atoms with Crippen LogP contribution in [0.5, 0.6) is 0 Å². The summed E-state index contributed by atoms with van der Waals surface area (Å²) >= 11 is 0. The number of carboxylic acid groups (broad SMARTS) is 1. The van der Waals surface area contributed by atoms with Gasteiger partial charge in [0.1, 0.15) is 6.07 Å². The van der Waals surface area contributed by atoms with Crippen LogP contribution in [0.15, 0.2) is 36.4 Å². The maximum atomic E-state index is 11.6. The number of hydrogen-bond acceptors (Lipinski definition) is 6. The molecule has 158 valence electrons. The van der Waals surface area contributed by atoms with Crippen LogP contribution in [0.4, 0.5) is 5.69 Å². The van der Waals surface area contributed by atoms with Crippen LogP contribution in [0.25, 0.3) is 11.0 Å². The highest BCUT2D eigenvalue weighted by atomic mass is 16.5. The van der Waals surface area contributed by atoms with E-state index in [1.165, 1.54) is 0 Å². The molecule has 1 aliphatic rings. The summed E-state index contributed by atoms with van der Waals surface area (Å²) in [5, 5.41) is 22.5. The zero-order chi connectivity index (χ0) is 22.0. The second-order valence-electron chi connectivity index (χ2n) is 7.89. The zero-order valence-corrected chi connectivity index (χ0v) is 17.6. The molecule has 1 atom stereocenters. The van der Waals surface area contributed by atoms with Crippen LogP contribution in [0.2, 0.25) is 0 Å². The Kier molecular flexibility index (Phi) is 5.83. The lowest BCUT2D eigenvalue weighted by Gasteiger charge is -2.23. The Balaban J connectivity index is 1.80. The maximum absolute atomic E-state index is 11.6. The second kappa shape index (κ2) is 8.70. The standard InChI is InChI=1S/C24H24N4O3/c1-14-11-18(15(2)26-19-6-4-3-5-17(19)24(29)30)23-20(12-14)27-21(13-25)22(28-23)16-7-9-31-10-8-16/h3-6,11-12,15-16,26H,7-10H2,1-2H3,(H,29,30)/t15-/m1/s1. The van der Waals surface area contributed by atoms with Gasteiger partial charge in [0, 0.05) is 30.4 Å². The minimum atomic E-state index is -0.982. The fraction of sp³-hybridized carbons (Fsp3) is 0.333. The van der Waals surface area contributed by atoms with Gasteiger partial charge in [0.2, 0.25) is 0 Å². The Morgan fingerprint density at radius 3 is 2.71 bits per heavy atom. The fourth-order valence-corrected chi connectivity index (χ4v) is 4.12. The summed E-state index contributed by atoms with van der Waals surface area (Å²) in [5.41, 5.74) is 5.17. The molecule has 1 fully saturated rings. The van der Waals surface area contributed by atoms with Crippen molar-refractivity contribution in [2.45, 2.75) is 38.6 Å². The minimum absolute atomic E-state index is 0.144. The van der Waals surface area contributed by atoms with E-state index in [4.69, 9.17) is 9.72 Å². The highest BCUT2D eigenvalue weighted by Crippen LogP contribution is 2.32. The average molecular weight is 416 g/mol. The summed E-state index contributed by atoms with van der Waals surface area (Å²) in [6.45, 7) is 5.25. The molecule has 0 radical (unpaired) electrons. The molecule has 31 heavy (non-hydrogen) atoms. The summed E-state index contributed by atoms with van der Waals surface area (Å²) in [6, 6.07) is 12.8. The number of hydrogen-bond donors (Lipinski definition) is 2. The molecule has 0 saturated carbocycles. The first-order valence-electron chi connectivity index (χ1n) is 10.4. The first kappa shape index (κ1) is 20.8. The Morgan fingerprint density at radius 2 is 2.00 bits per heavy atom. The van der Waals surface area contributed by atoms with Gasteiger partial charge in [-0.1, -0.05) is 18.2 Å². The van der Waals surface area contributed by atoms with E-state index in [0.29, 0.717) is 30.1 Å². The van der Waals surface area contributed by atoms with E-state index in [-0.39, 0.29) is 17.5 Å². The smallest absolute Gasteiger partial charge is 0.337 e. The maximum Gasteiger partial charge on any atom is 0.337 e. The molecular formula is C24H24N4O3. The Hall–Kier alpha value is -3.50. The lowest BCUT2D eigenvalue weighted by Crippen LogP contribution is -2.18. The number of aromatic nitrogens is 2. The molecule has 0 amide bonds. The zero-order valence-electron chi connectivity index (χ0n) is 17.6. The van der Waals surface area contributed by atoms with Gasteiger partial charge in [0.05, 0.1) is 28.3 Å². The summed E-state index contributed by atoms with van der Waals surface area (Å²) in [5.74, 6) is -0.838. The van der Waals surface area contributed by atoms with Crippen molar-refractivity contribution in [1.29, 1.82) is 5.26 Å². The third-order valence-electron chi connectivity index (χ3n) is 5.68. The van der Waals surface area contributed by atoms with E-state index < -0.39 is 5.97 Å². The predicted molar refractivity (Wildman–Crippen MR) is 117 cm³/mol. The third-order valence-corrected chi connectivity index (χ3v) is 5.68. The summed E-state index contributed by atoms with van der Waals surface area (Å²) < 4.78 is 5.47. The molecule has 0 bridgehead atoms. The van der Waals surface area contributed by atoms with Gasteiger partial charge >= 0.3 is 5.97 Å². The molecule has 3 aromatic rings. The number of fused-ring (bicyclic) bond motifs is 1. The van der Waals surface area contributed by atoms with E-state index in [9.17, 15) is 15.2 Å². The third kappa shape index (κ3) is 4.21. The monoisotopic (exact) mass is 416 g/mol. The molecule has 4 rings (SSSR count). The SMILES string of the molecule is Cc1cc([C@@H](C)Nc2ccccc2C(=O)O)c2nc(C3CCOCC3)c(C#N)nc2c1. The van der Waals surface area contributed by atoms with Crippen molar-refractivity contribution in [3.63, 3.8) is 0 Å². The molecule has 7 nitrogen and oxygen atoms in total. The quantitative estimate of drug-likeness (QED) is 0.627. The number of ether oxygens (including phenoxy) is 1. The number of aromatic carboxylic acids is 1. The molecule has 0 spiro atoms. The number of carbonyl (C=O) groups is 1. The minimum Gasteiger partial charge on any atom is -0.478 e. The van der Waals surface area contributed by atoms with E-state index >= 15 is 0 Å². The Labute approximate surface area is 180 Å². The molecular weight excluding hydrogens is 392 g/mol. The fourth-order valence-electron chi connectivity index (χ4n) is 4.12. The van der Waals surface area contributed by atoms with Crippen molar-refractivity contribution < 1.29 is 14.6 Å². The van der Waals surface area contributed by atoms with E-state index in [1.807, 2.05) is 26.0 Å². The summed E-state index contributed by atoms with van der Waals surface area (Å²) in [7, 11) is 0. The van der Waals surface area contributed by atoms with E-state index in [0.717, 1.165) is 35.2 Å². The highest BCUT2D eigenvalue weighted by Gasteiger charge is 2.24. The highest BCUT2D eigenvalue weighted by molar-refractivity contribution is 5.94. The van der Waals surface area contributed by atoms with Gasteiger partial charge in [-0.05, 0) is 50.5 Å². The molecule has 7 heteroatoms. The summed E-state index contributed by atoms with van der Waals surface area (Å²) in [4.78, 5) is 21.2. The van der Waals surface area contributed by atoms with Crippen molar-refractivity contribution in [2.75, 3.05) is 18.5 Å². The van der Waals surface area contributed by atoms with Gasteiger partial charge in [-0.25, -0.2) is 14.8 Å². The van der Waals surface area contributed by atoms with Gasteiger partial charge < -0.3 is 15.2 Å². The number of nitrogens with zero attached hydrogens (tertiary/aromatic N) is 3. The lowest BCUT2D eigenvalue weighted by atomic mass is 9.94. The van der Waals surface area contributed by atoms with Gasteiger partial charge in [0.25, 0.3) is 0 Å². The van der Waals surface area contributed by atoms with Crippen molar-refractivity contribution >= 4 is 22.7 Å². The van der Waals surface area contributed by atoms with Crippen LogP contribution >= 0.6 is 0 Å². The van der Waals surface area contributed by atoms with Crippen molar-refractivity contribution in [3.8, 4) is 6.07 Å². The molecule has 1 saturated heterocycles. The van der Waals surface area contributed by atoms with Crippen LogP contribution in [0.3, 0.4) is 0 Å². The lowest BCUT2D eigenvalue weighted by molar-refractivity contribution is 0.0698.